The number of hydrogen-bond acceptors (Lipinski definition) is 2. The molecule has 1 atom stereocenters. The molecular weight excluding hydrogens is 619 g/mol. The number of alkyl halides is 3. The minimum atomic E-state index is -4.47. The first-order valence-corrected chi connectivity index (χ1v) is 17.5. The van der Waals surface area contributed by atoms with Crippen LogP contribution in [0.5, 0.6) is 0 Å². The normalized spacial score (nSPS) is 13.8. The van der Waals surface area contributed by atoms with Crippen LogP contribution in [0.4, 0.5) is 13.2 Å². The molecule has 2 nitrogen and oxygen atoms in total. The van der Waals surface area contributed by atoms with Gasteiger partial charge in [0.25, 0.3) is 0 Å². The van der Waals surface area contributed by atoms with E-state index in [1.54, 1.807) is 6.07 Å². The molecule has 0 saturated carbocycles. The summed E-state index contributed by atoms with van der Waals surface area (Å²) < 4.78 is 42.5. The Morgan fingerprint density at radius 3 is 1.68 bits per heavy atom. The fraction of sp³-hybridized carbons (Fsp3) is 0.194. The number of rotatable bonds is 9. The van der Waals surface area contributed by atoms with Gasteiger partial charge in [-0.3, -0.25) is 0 Å². The van der Waals surface area contributed by atoms with Gasteiger partial charge in [0.05, 0.1) is 0 Å². The molecule has 0 amide bonds. The molecule has 0 aliphatic heterocycles. The summed E-state index contributed by atoms with van der Waals surface area (Å²) in [6.07, 6.45) is -3.32. The Balaban J connectivity index is 1.89. The number of carbonyl (C=O) groups is 1. The first-order chi connectivity index (χ1) is 18.2. The van der Waals surface area contributed by atoms with Crippen LogP contribution >= 0.6 is 26.3 Å². The van der Waals surface area contributed by atoms with E-state index < -0.39 is 27.9 Å². The Labute approximate surface area is 234 Å². The Morgan fingerprint density at radius 1 is 0.789 bits per heavy atom. The van der Waals surface area contributed by atoms with Crippen molar-refractivity contribution in [3.05, 3.63) is 126 Å². The fourth-order valence-corrected chi connectivity index (χ4v) is 13.7. The van der Waals surface area contributed by atoms with Crippen LogP contribution in [0, 0.1) is 0 Å². The van der Waals surface area contributed by atoms with E-state index in [4.69, 9.17) is 4.74 Å². The van der Waals surface area contributed by atoms with Crippen LogP contribution in [0.25, 0.3) is 0 Å². The molecule has 0 aromatic heterocycles. The first kappa shape index (κ1) is 28.3. The average Bonchev–Trinajstić information content (AvgIpc) is 2.96. The predicted molar refractivity (Wildman–Crippen MR) is 159 cm³/mol. The summed E-state index contributed by atoms with van der Waals surface area (Å²) in [5, 5.41) is 3.53. The Hall–Kier alpha value is -2.70. The fourth-order valence-electron chi connectivity index (χ4n) is 5.09. The molecule has 0 spiro atoms. The summed E-state index contributed by atoms with van der Waals surface area (Å²) in [5.74, 6) is -0.891. The van der Waals surface area contributed by atoms with Crippen molar-refractivity contribution in [2.45, 2.75) is 24.9 Å². The second-order valence-corrected chi connectivity index (χ2v) is 20.1. The van der Waals surface area contributed by atoms with E-state index in [0.717, 1.165) is 6.07 Å². The van der Waals surface area contributed by atoms with Crippen molar-refractivity contribution < 1.29 is 22.7 Å². The van der Waals surface area contributed by atoms with Crippen molar-refractivity contribution in [3.8, 4) is 0 Å². The van der Waals surface area contributed by atoms with Crippen molar-refractivity contribution in [2.75, 3.05) is 13.3 Å². The van der Waals surface area contributed by atoms with Crippen molar-refractivity contribution >= 4 is 48.2 Å². The number of benzene rings is 4. The molecule has 4 aromatic carbocycles. The monoisotopic (exact) mass is 648 g/mol. The molecule has 0 aliphatic rings. The van der Waals surface area contributed by atoms with Gasteiger partial charge in [0.15, 0.2) is 0 Å². The number of carbonyl (C=O) groups excluding carboxylic acids is 1. The van der Waals surface area contributed by atoms with Gasteiger partial charge >= 0.3 is 235 Å². The first-order valence-electron chi connectivity index (χ1n) is 12.3. The predicted octanol–water partition coefficient (Wildman–Crippen LogP) is 7.62. The number of hydrogen-bond donors (Lipinski definition) is 0. The van der Waals surface area contributed by atoms with Gasteiger partial charge in [0.1, 0.15) is 0 Å². The minimum absolute atomic E-state index is 0.000679. The van der Waals surface area contributed by atoms with Crippen molar-refractivity contribution in [3.63, 3.8) is 0 Å². The van der Waals surface area contributed by atoms with E-state index in [2.05, 4.69) is 58.4 Å². The molecule has 0 heterocycles. The quantitative estimate of drug-likeness (QED) is 0.106. The van der Waals surface area contributed by atoms with Crippen LogP contribution < -0.4 is 15.9 Å². The Morgan fingerprint density at radius 2 is 1.26 bits per heavy atom. The molecule has 0 unspecified atom stereocenters. The van der Waals surface area contributed by atoms with Gasteiger partial charge < -0.3 is 0 Å². The van der Waals surface area contributed by atoms with Crippen LogP contribution in [0.15, 0.2) is 115 Å². The summed E-state index contributed by atoms with van der Waals surface area (Å²) in [7, 11) is 1.31. The standard InChI is InChI=1S/C31H29F3IO2P/c1-37-30(36)23-25(24-12-11-13-26(22-24)31(32,33)34)20-21-38(35,27-14-5-2-6-15-27,28-16-7-3-8-17-28)29-18-9-4-10-19-29/h2-19,22,25H,20-21,23H2,1H3/t25-/m0/s1. The molecule has 0 saturated heterocycles. The maximum atomic E-state index is 13.6. The molecule has 38 heavy (non-hydrogen) atoms. The molecule has 4 aromatic rings. The number of methoxy groups -OCH3 is 1. The summed E-state index contributed by atoms with van der Waals surface area (Å²) in [6, 6.07) is 36.3. The van der Waals surface area contributed by atoms with Crippen LogP contribution in [0.3, 0.4) is 0 Å². The SMILES string of the molecule is COC(=O)C[C@H](CCP(I)(c1ccccc1)(c1ccccc1)c1ccccc1)c1cccc(C(F)(F)F)c1. The summed E-state index contributed by atoms with van der Waals surface area (Å²) >= 11 is 2.66. The molecule has 0 aliphatic carbocycles. The molecule has 198 valence electrons. The van der Waals surface area contributed by atoms with Crippen molar-refractivity contribution in [2.24, 2.45) is 0 Å². The number of halogens is 4. The van der Waals surface area contributed by atoms with Gasteiger partial charge in [0, 0.05) is 0 Å². The van der Waals surface area contributed by atoms with E-state index >= 15 is 0 Å². The van der Waals surface area contributed by atoms with Gasteiger partial charge in [-0.2, -0.15) is 0 Å². The van der Waals surface area contributed by atoms with Crippen molar-refractivity contribution in [1.29, 1.82) is 0 Å². The van der Waals surface area contributed by atoms with E-state index in [-0.39, 0.29) is 6.42 Å². The van der Waals surface area contributed by atoms with Gasteiger partial charge in [-0.1, -0.05) is 0 Å². The summed E-state index contributed by atoms with van der Waals surface area (Å²) in [6.45, 7) is 0. The average molecular weight is 648 g/mol. The number of esters is 1. The molecular formula is C31H29F3IO2P. The van der Waals surface area contributed by atoms with E-state index in [1.807, 2.05) is 54.6 Å². The van der Waals surface area contributed by atoms with Crippen LogP contribution in [0.1, 0.15) is 29.9 Å². The third-order valence-corrected chi connectivity index (χ3v) is 18.8. The second kappa shape index (κ2) is 11.6. The van der Waals surface area contributed by atoms with E-state index in [9.17, 15) is 18.0 Å². The van der Waals surface area contributed by atoms with Crippen LogP contribution in [-0.4, -0.2) is 19.2 Å². The summed E-state index contributed by atoms with van der Waals surface area (Å²) in [5.41, 5.74) is -0.230. The van der Waals surface area contributed by atoms with Gasteiger partial charge in [-0.15, -0.1) is 0 Å². The van der Waals surface area contributed by atoms with Crippen LogP contribution in [0.2, 0.25) is 0 Å². The third-order valence-electron chi connectivity index (χ3n) is 7.11. The van der Waals surface area contributed by atoms with E-state index in [0.29, 0.717) is 18.1 Å². The maximum absolute atomic E-state index is 13.6. The van der Waals surface area contributed by atoms with Gasteiger partial charge in [0.2, 0.25) is 0 Å². The topological polar surface area (TPSA) is 26.3 Å². The molecule has 0 bridgehead atoms. The zero-order valence-electron chi connectivity index (χ0n) is 20.9. The zero-order chi connectivity index (χ0) is 27.3. The molecule has 4 rings (SSSR count). The zero-order valence-corrected chi connectivity index (χ0v) is 24.0. The molecule has 7 heteroatoms. The molecule has 0 radical (unpaired) electrons. The Kier molecular flexibility index (Phi) is 8.63. The third kappa shape index (κ3) is 5.67. The van der Waals surface area contributed by atoms with Gasteiger partial charge in [-0.25, -0.2) is 0 Å². The molecule has 0 N–H and O–H groups in total. The summed E-state index contributed by atoms with van der Waals surface area (Å²) in [4.78, 5) is 12.5. The Bertz CT molecular complexity index is 1260. The van der Waals surface area contributed by atoms with E-state index in [1.165, 1.54) is 35.2 Å². The van der Waals surface area contributed by atoms with Crippen LogP contribution in [-0.2, 0) is 15.7 Å². The number of ether oxygens (including phenoxy) is 1. The van der Waals surface area contributed by atoms with Crippen molar-refractivity contribution in [1.82, 2.24) is 0 Å². The molecule has 0 fully saturated rings. The second-order valence-electron chi connectivity index (χ2n) is 9.30. The van der Waals surface area contributed by atoms with Gasteiger partial charge in [-0.05, 0) is 0 Å².